The van der Waals surface area contributed by atoms with Crippen molar-refractivity contribution in [3.8, 4) is 0 Å². The third-order valence-electron chi connectivity index (χ3n) is 3.71. The third-order valence-corrected chi connectivity index (χ3v) is 3.71. The van der Waals surface area contributed by atoms with E-state index in [1.807, 2.05) is 4.90 Å². The Morgan fingerprint density at radius 2 is 1.89 bits per heavy atom. The molecule has 0 heterocycles. The molecule has 1 aromatic carbocycles. The first-order chi connectivity index (χ1) is 9.24. The lowest BCUT2D eigenvalue weighted by atomic mass is 10.1. The van der Waals surface area contributed by atoms with E-state index in [9.17, 15) is 4.79 Å². The van der Waals surface area contributed by atoms with Crippen LogP contribution in [0.1, 0.15) is 37.3 Å². The molecule has 104 valence electrons. The number of aryl methyl sites for hydroxylation is 2. The second kappa shape index (κ2) is 6.71. The molecule has 0 radical (unpaired) electrons. The molecule has 1 aliphatic rings. The first-order valence-corrected chi connectivity index (χ1v) is 7.22. The summed E-state index contributed by atoms with van der Waals surface area (Å²) in [5, 5.41) is 9.01. The zero-order valence-corrected chi connectivity index (χ0v) is 11.6. The van der Waals surface area contributed by atoms with Crippen molar-refractivity contribution >= 4 is 5.91 Å². The van der Waals surface area contributed by atoms with E-state index in [2.05, 4.69) is 31.2 Å². The summed E-state index contributed by atoms with van der Waals surface area (Å²) < 4.78 is 0. The predicted molar refractivity (Wildman–Crippen MR) is 76.0 cm³/mol. The van der Waals surface area contributed by atoms with Gasteiger partial charge in [-0.2, -0.15) is 0 Å². The highest BCUT2D eigenvalue weighted by Gasteiger charge is 2.31. The van der Waals surface area contributed by atoms with Gasteiger partial charge in [-0.1, -0.05) is 31.2 Å². The molecule has 1 aromatic rings. The molecule has 19 heavy (non-hydrogen) atoms. The van der Waals surface area contributed by atoms with E-state index >= 15 is 0 Å². The van der Waals surface area contributed by atoms with Gasteiger partial charge in [-0.05, 0) is 36.8 Å². The minimum Gasteiger partial charge on any atom is -0.395 e. The van der Waals surface area contributed by atoms with E-state index in [1.165, 1.54) is 11.1 Å². The van der Waals surface area contributed by atoms with Gasteiger partial charge in [-0.3, -0.25) is 4.79 Å². The maximum absolute atomic E-state index is 12.1. The van der Waals surface area contributed by atoms with Crippen LogP contribution in [0.25, 0.3) is 0 Å². The zero-order valence-electron chi connectivity index (χ0n) is 11.6. The summed E-state index contributed by atoms with van der Waals surface area (Å²) in [4.78, 5) is 14.0. The molecule has 0 saturated heterocycles. The van der Waals surface area contributed by atoms with Crippen molar-refractivity contribution in [2.45, 2.75) is 45.1 Å². The van der Waals surface area contributed by atoms with E-state index in [-0.39, 0.29) is 12.5 Å². The van der Waals surface area contributed by atoms with Gasteiger partial charge in [-0.15, -0.1) is 0 Å². The van der Waals surface area contributed by atoms with Gasteiger partial charge in [0.2, 0.25) is 5.91 Å². The third kappa shape index (κ3) is 4.06. The van der Waals surface area contributed by atoms with Crippen LogP contribution >= 0.6 is 0 Å². The van der Waals surface area contributed by atoms with Gasteiger partial charge in [0.25, 0.3) is 0 Å². The summed E-state index contributed by atoms with van der Waals surface area (Å²) in [5.41, 5.74) is 2.54. The molecule has 1 amide bonds. The number of aliphatic hydroxyl groups excluding tert-OH is 1. The van der Waals surface area contributed by atoms with E-state index < -0.39 is 0 Å². The zero-order chi connectivity index (χ0) is 13.7. The molecule has 0 atom stereocenters. The normalized spacial score (nSPS) is 14.4. The number of amides is 1. The molecule has 0 aliphatic heterocycles. The van der Waals surface area contributed by atoms with Crippen LogP contribution in [0.5, 0.6) is 0 Å². The van der Waals surface area contributed by atoms with Crippen LogP contribution in [0.4, 0.5) is 0 Å². The molecule has 1 N–H and O–H groups in total. The van der Waals surface area contributed by atoms with Crippen LogP contribution in [-0.2, 0) is 17.6 Å². The van der Waals surface area contributed by atoms with Crippen molar-refractivity contribution in [3.63, 3.8) is 0 Å². The summed E-state index contributed by atoms with van der Waals surface area (Å²) in [6.45, 7) is 2.69. The van der Waals surface area contributed by atoms with Crippen LogP contribution in [0.15, 0.2) is 24.3 Å². The second-order valence-corrected chi connectivity index (χ2v) is 5.21. The molecule has 1 saturated carbocycles. The van der Waals surface area contributed by atoms with Gasteiger partial charge in [0.1, 0.15) is 0 Å². The lowest BCUT2D eigenvalue weighted by Gasteiger charge is -2.21. The Bertz CT molecular complexity index is 409. The molecule has 2 rings (SSSR count). The topological polar surface area (TPSA) is 40.5 Å². The Morgan fingerprint density at radius 1 is 1.26 bits per heavy atom. The first kappa shape index (κ1) is 14.1. The monoisotopic (exact) mass is 261 g/mol. The summed E-state index contributed by atoms with van der Waals surface area (Å²) in [6, 6.07) is 8.87. The number of hydrogen-bond acceptors (Lipinski definition) is 2. The fraction of sp³-hybridized carbons (Fsp3) is 0.562. The fourth-order valence-corrected chi connectivity index (χ4v) is 2.34. The summed E-state index contributed by atoms with van der Waals surface area (Å²) in [7, 11) is 0. The Labute approximate surface area is 115 Å². The standard InChI is InChI=1S/C16H23NO2/c1-2-13-3-5-14(6-4-13)7-10-16(19)17(11-12-18)15-8-9-15/h3-6,15,18H,2,7-12H2,1H3. The number of rotatable bonds is 7. The van der Waals surface area contributed by atoms with Crippen molar-refractivity contribution in [1.82, 2.24) is 4.90 Å². The Kier molecular flexibility index (Phi) is 4.97. The second-order valence-electron chi connectivity index (χ2n) is 5.21. The summed E-state index contributed by atoms with van der Waals surface area (Å²) >= 11 is 0. The quantitative estimate of drug-likeness (QED) is 0.817. The van der Waals surface area contributed by atoms with E-state index in [4.69, 9.17) is 5.11 Å². The smallest absolute Gasteiger partial charge is 0.223 e. The van der Waals surface area contributed by atoms with Gasteiger partial charge in [0.05, 0.1) is 6.61 Å². The molecule has 1 aliphatic carbocycles. The average molecular weight is 261 g/mol. The highest BCUT2D eigenvalue weighted by molar-refractivity contribution is 5.77. The van der Waals surface area contributed by atoms with E-state index in [0.29, 0.717) is 19.0 Å². The van der Waals surface area contributed by atoms with Crippen molar-refractivity contribution in [2.75, 3.05) is 13.2 Å². The van der Waals surface area contributed by atoms with Gasteiger partial charge in [-0.25, -0.2) is 0 Å². The van der Waals surface area contributed by atoms with Crippen molar-refractivity contribution < 1.29 is 9.90 Å². The van der Waals surface area contributed by atoms with Gasteiger partial charge >= 0.3 is 0 Å². The largest absolute Gasteiger partial charge is 0.395 e. The minimum absolute atomic E-state index is 0.0629. The van der Waals surface area contributed by atoms with Gasteiger partial charge in [0.15, 0.2) is 0 Å². The molecule has 3 nitrogen and oxygen atoms in total. The molecule has 0 spiro atoms. The van der Waals surface area contributed by atoms with Gasteiger partial charge < -0.3 is 10.0 Å². The molecule has 0 unspecified atom stereocenters. The number of carbonyl (C=O) groups excluding carboxylic acids is 1. The lowest BCUT2D eigenvalue weighted by molar-refractivity contribution is -0.132. The number of carbonyl (C=O) groups is 1. The lowest BCUT2D eigenvalue weighted by Crippen LogP contribution is -2.35. The maximum atomic E-state index is 12.1. The van der Waals surface area contributed by atoms with E-state index in [0.717, 1.165) is 25.7 Å². The molecule has 3 heteroatoms. The highest BCUT2D eigenvalue weighted by atomic mass is 16.3. The van der Waals surface area contributed by atoms with Gasteiger partial charge in [0, 0.05) is 19.0 Å². The average Bonchev–Trinajstić information content (AvgIpc) is 3.27. The summed E-state index contributed by atoms with van der Waals surface area (Å²) in [6.07, 6.45) is 4.57. The van der Waals surface area contributed by atoms with Crippen molar-refractivity contribution in [2.24, 2.45) is 0 Å². The molecular formula is C16H23NO2. The number of aliphatic hydroxyl groups is 1. The van der Waals surface area contributed by atoms with Crippen LogP contribution < -0.4 is 0 Å². The van der Waals surface area contributed by atoms with Crippen molar-refractivity contribution in [3.05, 3.63) is 35.4 Å². The van der Waals surface area contributed by atoms with Crippen LogP contribution in [0, 0.1) is 0 Å². The fourth-order valence-electron chi connectivity index (χ4n) is 2.34. The Morgan fingerprint density at radius 3 is 2.42 bits per heavy atom. The molecule has 0 aromatic heterocycles. The maximum Gasteiger partial charge on any atom is 0.223 e. The first-order valence-electron chi connectivity index (χ1n) is 7.22. The van der Waals surface area contributed by atoms with Crippen LogP contribution in [0.3, 0.4) is 0 Å². The number of nitrogens with zero attached hydrogens (tertiary/aromatic N) is 1. The number of benzene rings is 1. The molecular weight excluding hydrogens is 238 g/mol. The van der Waals surface area contributed by atoms with Crippen molar-refractivity contribution in [1.29, 1.82) is 0 Å². The van der Waals surface area contributed by atoms with Crippen LogP contribution in [-0.4, -0.2) is 35.1 Å². The SMILES string of the molecule is CCc1ccc(CCC(=O)N(CCO)C2CC2)cc1. The minimum atomic E-state index is 0.0629. The molecule has 0 bridgehead atoms. The molecule has 1 fully saturated rings. The Hall–Kier alpha value is -1.35. The summed E-state index contributed by atoms with van der Waals surface area (Å²) in [5.74, 6) is 0.177. The van der Waals surface area contributed by atoms with Crippen LogP contribution in [0.2, 0.25) is 0 Å². The van der Waals surface area contributed by atoms with E-state index in [1.54, 1.807) is 0 Å². The number of hydrogen-bond donors (Lipinski definition) is 1. The highest BCUT2D eigenvalue weighted by Crippen LogP contribution is 2.27. The Balaban J connectivity index is 1.84. The predicted octanol–water partition coefficient (Wildman–Crippen LogP) is 2.16.